The highest BCUT2D eigenvalue weighted by atomic mass is 32.3. The Labute approximate surface area is 162 Å². The summed E-state index contributed by atoms with van der Waals surface area (Å²) in [6.07, 6.45) is 4.00. The van der Waals surface area contributed by atoms with Crippen molar-refractivity contribution < 1.29 is 36.9 Å². The molecule has 4 aliphatic rings. The number of carbonyl (C=O) groups excluding carboxylic acids is 1. The number of hydrogen-bond acceptors (Lipinski definition) is 7. The normalized spacial score (nSPS) is 34.8. The van der Waals surface area contributed by atoms with Gasteiger partial charge >= 0.3 is 10.4 Å². The zero-order chi connectivity index (χ0) is 20.5. The molecule has 1 aromatic carbocycles. The van der Waals surface area contributed by atoms with Gasteiger partial charge < -0.3 is 14.6 Å². The fraction of sp³-hybridized carbons (Fsp3) is 0.500. The van der Waals surface area contributed by atoms with E-state index in [-0.39, 0.29) is 11.8 Å². The third-order valence-electron chi connectivity index (χ3n) is 6.34. The van der Waals surface area contributed by atoms with Crippen LogP contribution in [0.25, 0.3) is 0 Å². The summed E-state index contributed by atoms with van der Waals surface area (Å²) in [5.41, 5.74) is 0.385. The maximum absolute atomic E-state index is 12.6. The molecule has 2 aliphatic heterocycles. The lowest BCUT2D eigenvalue weighted by molar-refractivity contribution is -0.151. The summed E-state index contributed by atoms with van der Waals surface area (Å²) in [6.45, 7) is 0.837. The number of nitrogens with zero attached hydrogens (tertiary/aromatic N) is 1. The van der Waals surface area contributed by atoms with E-state index in [1.165, 1.54) is 6.08 Å². The van der Waals surface area contributed by atoms with Gasteiger partial charge in [0.2, 0.25) is 0 Å². The largest absolute Gasteiger partial charge is 0.493 e. The molecule has 0 aromatic heterocycles. The molecule has 2 aliphatic carbocycles. The molecule has 3 N–H and O–H groups in total. The van der Waals surface area contributed by atoms with Crippen molar-refractivity contribution >= 4 is 16.2 Å². The van der Waals surface area contributed by atoms with Crippen LogP contribution in [0.15, 0.2) is 24.3 Å². The van der Waals surface area contributed by atoms with Gasteiger partial charge in [-0.3, -0.25) is 18.8 Å². The molecule has 1 fully saturated rings. The van der Waals surface area contributed by atoms with Crippen molar-refractivity contribution in [1.29, 1.82) is 0 Å². The van der Waals surface area contributed by atoms with Crippen LogP contribution in [0.1, 0.15) is 17.5 Å². The molecular weight excluding hydrogens is 390 g/mol. The molecule has 0 saturated carbocycles. The number of likely N-dealkylation sites (N-methyl/N-ethyl adjacent to an activating group) is 1. The minimum Gasteiger partial charge on any atom is -0.493 e. The molecule has 0 radical (unpaired) electrons. The molecule has 0 amide bonds. The first kappa shape index (κ1) is 19.3. The predicted molar refractivity (Wildman–Crippen MR) is 97.1 cm³/mol. The Morgan fingerprint density at radius 3 is 2.64 bits per heavy atom. The van der Waals surface area contributed by atoms with Gasteiger partial charge in [0.25, 0.3) is 0 Å². The molecule has 152 valence electrons. The fourth-order valence-corrected chi connectivity index (χ4v) is 5.28. The summed E-state index contributed by atoms with van der Waals surface area (Å²) in [5, 5.41) is 11.7. The Kier molecular flexibility index (Phi) is 4.15. The molecule has 2 heterocycles. The number of rotatable bonds is 1. The van der Waals surface area contributed by atoms with Crippen LogP contribution in [0.2, 0.25) is 0 Å². The second-order valence-corrected chi connectivity index (χ2v) is 8.46. The molecule has 9 nitrogen and oxygen atoms in total. The molecule has 0 unspecified atom stereocenters. The molecule has 4 atom stereocenters. The van der Waals surface area contributed by atoms with E-state index in [9.17, 15) is 9.90 Å². The summed E-state index contributed by atoms with van der Waals surface area (Å²) >= 11 is 0. The summed E-state index contributed by atoms with van der Waals surface area (Å²) in [6, 6.07) is 3.92. The van der Waals surface area contributed by atoms with E-state index < -0.39 is 27.5 Å². The summed E-state index contributed by atoms with van der Waals surface area (Å²) in [7, 11) is -1.02. The number of hydrogen-bond donors (Lipinski definition) is 3. The van der Waals surface area contributed by atoms with Crippen molar-refractivity contribution in [1.82, 2.24) is 4.90 Å². The van der Waals surface area contributed by atoms with Crippen LogP contribution in [-0.4, -0.2) is 71.8 Å². The lowest BCUT2D eigenvalue weighted by atomic mass is 9.51. The summed E-state index contributed by atoms with van der Waals surface area (Å²) in [4.78, 5) is 14.8. The average Bonchev–Trinajstić information content (AvgIpc) is 2.95. The van der Waals surface area contributed by atoms with Crippen LogP contribution in [0, 0.1) is 0 Å². The van der Waals surface area contributed by atoms with E-state index in [4.69, 9.17) is 27.0 Å². The number of ketones is 1. The summed E-state index contributed by atoms with van der Waals surface area (Å²) < 4.78 is 43.1. The van der Waals surface area contributed by atoms with E-state index in [0.29, 0.717) is 17.9 Å². The summed E-state index contributed by atoms with van der Waals surface area (Å²) in [5.74, 6) is 1.22. The topological polar surface area (TPSA) is 134 Å². The first-order valence-electron chi connectivity index (χ1n) is 8.75. The number of likely N-dealkylation sites (tertiary alicyclic amines) is 1. The van der Waals surface area contributed by atoms with Gasteiger partial charge in [-0.2, -0.15) is 8.42 Å². The number of carbonyl (C=O) groups is 1. The van der Waals surface area contributed by atoms with Gasteiger partial charge in [0.1, 0.15) is 5.60 Å². The van der Waals surface area contributed by atoms with Crippen LogP contribution in [0.5, 0.6) is 11.5 Å². The molecule has 1 saturated heterocycles. The van der Waals surface area contributed by atoms with Crippen molar-refractivity contribution in [3.8, 4) is 11.5 Å². The van der Waals surface area contributed by atoms with Gasteiger partial charge in [0.05, 0.1) is 12.5 Å². The Balaban J connectivity index is 0.000000346. The van der Waals surface area contributed by atoms with Crippen LogP contribution in [-0.2, 0) is 27.0 Å². The lowest BCUT2D eigenvalue weighted by Crippen LogP contribution is -2.74. The lowest BCUT2D eigenvalue weighted by Gasteiger charge is -2.60. The van der Waals surface area contributed by atoms with Crippen molar-refractivity contribution in [2.24, 2.45) is 0 Å². The quantitative estimate of drug-likeness (QED) is 0.553. The smallest absolute Gasteiger partial charge is 0.394 e. The highest BCUT2D eigenvalue weighted by Gasteiger charge is 2.71. The van der Waals surface area contributed by atoms with E-state index in [1.807, 2.05) is 13.1 Å². The Hall–Kier alpha value is -1.98. The molecule has 28 heavy (non-hydrogen) atoms. The second-order valence-electron chi connectivity index (χ2n) is 7.56. The van der Waals surface area contributed by atoms with Crippen LogP contribution in [0.3, 0.4) is 0 Å². The van der Waals surface area contributed by atoms with E-state index >= 15 is 0 Å². The van der Waals surface area contributed by atoms with Gasteiger partial charge in [0, 0.05) is 11.6 Å². The van der Waals surface area contributed by atoms with E-state index in [1.54, 1.807) is 13.2 Å². The number of aliphatic hydroxyl groups is 1. The Morgan fingerprint density at radius 2 is 2.00 bits per heavy atom. The van der Waals surface area contributed by atoms with Crippen LogP contribution in [0.4, 0.5) is 0 Å². The van der Waals surface area contributed by atoms with Gasteiger partial charge in [-0.15, -0.1) is 0 Å². The highest BCUT2D eigenvalue weighted by Crippen LogP contribution is 2.63. The molecular formula is C18H21NO8S. The third kappa shape index (κ3) is 2.45. The van der Waals surface area contributed by atoms with Crippen LogP contribution < -0.4 is 9.47 Å². The van der Waals surface area contributed by atoms with Gasteiger partial charge in [0.15, 0.2) is 23.4 Å². The second kappa shape index (κ2) is 6.01. The third-order valence-corrected chi connectivity index (χ3v) is 6.34. The average molecular weight is 411 g/mol. The predicted octanol–water partition coefficient (Wildman–Crippen LogP) is 0.171. The highest BCUT2D eigenvalue weighted by molar-refractivity contribution is 7.79. The van der Waals surface area contributed by atoms with Crippen molar-refractivity contribution in [3.05, 3.63) is 35.4 Å². The zero-order valence-corrected chi connectivity index (χ0v) is 16.1. The molecule has 5 rings (SSSR count). The SMILES string of the molecule is COc1ccc2c3c1O[C@H]1C(=O)C=C[C@@]4(O)[C@@H](C2)N(C)CC[C@]314.O=S(=O)(O)O. The minimum absolute atomic E-state index is 0.0430. The first-order chi connectivity index (χ1) is 13.0. The number of methoxy groups -OCH3 is 1. The Bertz CT molecular complexity index is 982. The van der Waals surface area contributed by atoms with Crippen molar-refractivity contribution in [3.63, 3.8) is 0 Å². The van der Waals surface area contributed by atoms with Crippen molar-refractivity contribution in [2.75, 3.05) is 20.7 Å². The number of piperidine rings is 1. The first-order valence-corrected chi connectivity index (χ1v) is 10.1. The number of ether oxygens (including phenoxy) is 2. The molecule has 1 aromatic rings. The Morgan fingerprint density at radius 1 is 1.32 bits per heavy atom. The molecule has 10 heteroatoms. The van der Waals surface area contributed by atoms with Crippen LogP contribution >= 0.6 is 0 Å². The fourth-order valence-electron chi connectivity index (χ4n) is 5.28. The van der Waals surface area contributed by atoms with Crippen molar-refractivity contribution in [2.45, 2.75) is 36.0 Å². The zero-order valence-electron chi connectivity index (χ0n) is 15.3. The molecule has 2 bridgehead atoms. The van der Waals surface area contributed by atoms with Gasteiger partial charge in [-0.05, 0) is 50.2 Å². The van der Waals surface area contributed by atoms with Gasteiger partial charge in [-0.25, -0.2) is 0 Å². The monoisotopic (exact) mass is 411 g/mol. The van der Waals surface area contributed by atoms with Gasteiger partial charge in [-0.1, -0.05) is 6.07 Å². The van der Waals surface area contributed by atoms with E-state index in [0.717, 1.165) is 24.1 Å². The minimum atomic E-state index is -4.67. The van der Waals surface area contributed by atoms with E-state index in [2.05, 4.69) is 11.0 Å². The maximum Gasteiger partial charge on any atom is 0.394 e. The standard InChI is InChI=1S/C18H19NO4.H2O4S/c1-19-8-7-17-14-10-3-4-12(22-2)15(14)23-16(17)11(20)5-6-18(17,21)13(19)9-10;1-5(2,3)4/h3-6,13,16,21H,7-9H2,1-2H3;(H2,1,2,3,4)/t13-,16+,17+,18-;/m1./s1. The maximum atomic E-state index is 12.6. The number of benzene rings is 1. The molecule has 1 spiro atoms.